The molecule has 1 fully saturated rings. The fourth-order valence-corrected chi connectivity index (χ4v) is 4.71. The molecule has 0 saturated carbocycles. The zero-order valence-corrected chi connectivity index (χ0v) is 23.5. The molecule has 1 aliphatic heterocycles. The van der Waals surface area contributed by atoms with Crippen LogP contribution in [0.1, 0.15) is 20.3 Å². The zero-order chi connectivity index (χ0) is 30.4. The summed E-state index contributed by atoms with van der Waals surface area (Å²) in [5, 5.41) is 6.89. The number of allylic oxidation sites excluding steroid dienone is 1. The van der Waals surface area contributed by atoms with E-state index < -0.39 is 51.8 Å². The van der Waals surface area contributed by atoms with Crippen molar-refractivity contribution in [2.75, 3.05) is 27.1 Å². The molecular formula is C26H32F4N3O7P. The quantitative estimate of drug-likeness (QED) is 0.114. The summed E-state index contributed by atoms with van der Waals surface area (Å²) in [6.45, 7) is 1.17. The van der Waals surface area contributed by atoms with Crippen LogP contribution in [0.25, 0.3) is 10.8 Å². The maximum absolute atomic E-state index is 14.9. The molecule has 0 spiro atoms. The van der Waals surface area contributed by atoms with Gasteiger partial charge in [0.25, 0.3) is 0 Å². The molecule has 41 heavy (non-hydrogen) atoms. The van der Waals surface area contributed by atoms with Crippen molar-refractivity contribution in [3.63, 3.8) is 0 Å². The molecule has 10 nitrogen and oxygen atoms in total. The highest BCUT2D eigenvalue weighted by Gasteiger charge is 2.40. The zero-order valence-electron chi connectivity index (χ0n) is 22.6. The largest absolute Gasteiger partial charge is 0.462 e. The number of carbonyl (C=O) groups is 3. The summed E-state index contributed by atoms with van der Waals surface area (Å²) in [5.74, 6) is -1.26. The Morgan fingerprint density at radius 3 is 2.54 bits per heavy atom. The number of esters is 1. The minimum absolute atomic E-state index is 0.0772. The number of urea groups is 1. The number of nitrogens with one attached hydrogen (secondary N) is 2. The Morgan fingerprint density at radius 2 is 1.88 bits per heavy atom. The van der Waals surface area contributed by atoms with Gasteiger partial charge in [-0.1, -0.05) is 36.4 Å². The molecule has 1 saturated heterocycles. The van der Waals surface area contributed by atoms with Gasteiger partial charge in [0.2, 0.25) is 6.93 Å². The van der Waals surface area contributed by atoms with Gasteiger partial charge in [-0.15, -0.1) is 0 Å². The maximum atomic E-state index is 14.9. The maximum Gasteiger partial charge on any atom is 0.323 e. The number of fused-ring (bicyclic) bond motifs is 1. The van der Waals surface area contributed by atoms with E-state index in [0.29, 0.717) is 11.9 Å². The first kappa shape index (κ1) is 33.9. The third-order valence-electron chi connectivity index (χ3n) is 5.30. The molecule has 0 bridgehead atoms. The second-order valence-electron chi connectivity index (χ2n) is 8.57. The highest BCUT2D eigenvalue weighted by molar-refractivity contribution is 7.45. The van der Waals surface area contributed by atoms with E-state index in [9.17, 15) is 31.9 Å². The van der Waals surface area contributed by atoms with Gasteiger partial charge in [-0.2, -0.15) is 0 Å². The van der Waals surface area contributed by atoms with Crippen LogP contribution in [0.2, 0.25) is 0 Å². The Balaban J connectivity index is 0.00000187. The minimum Gasteiger partial charge on any atom is -0.462 e. The number of aldehydes is 1. The predicted molar refractivity (Wildman–Crippen MR) is 143 cm³/mol. The summed E-state index contributed by atoms with van der Waals surface area (Å²) in [6.07, 6.45) is -3.90. The summed E-state index contributed by atoms with van der Waals surface area (Å²) in [6, 6.07) is 12.2. The fourth-order valence-electron chi connectivity index (χ4n) is 3.62. The number of halogens is 4. The van der Waals surface area contributed by atoms with Crippen molar-refractivity contribution in [2.45, 2.75) is 44.9 Å². The SMILES string of the molecule is CNC(=O)N(/C=C(/F)C=O)C1CC(F)C(COP(NCC(=O)OC(C)C)Oc2cccc3ccccc23)O1.FCF. The average molecular weight is 606 g/mol. The standard InChI is InChI=1S/C25H30F2N3O7P.CH2F2/c1-16(2)35-24(32)12-29-38(37-21-10-6-8-17-7-4-5-9-19(17)21)34-15-22-20(27)11-23(36-22)30(25(33)28-3)13-18(26)14-31;2-1-3/h4-10,13-14,16,20,22-23,29H,11-12,15H2,1-3H3,(H,28,33);1H2/b18-13+;. The highest BCUT2D eigenvalue weighted by Crippen LogP contribution is 2.40. The van der Waals surface area contributed by atoms with E-state index in [4.69, 9.17) is 18.5 Å². The molecule has 0 aromatic heterocycles. The van der Waals surface area contributed by atoms with E-state index in [1.165, 1.54) is 7.05 Å². The Labute approximate surface area is 235 Å². The molecule has 4 unspecified atom stereocenters. The summed E-state index contributed by atoms with van der Waals surface area (Å²) < 4.78 is 70.3. The summed E-state index contributed by atoms with van der Waals surface area (Å²) in [7, 11) is -0.669. The van der Waals surface area contributed by atoms with E-state index in [-0.39, 0.29) is 32.0 Å². The van der Waals surface area contributed by atoms with Crippen LogP contribution in [0.15, 0.2) is 54.5 Å². The van der Waals surface area contributed by atoms with Gasteiger partial charge in [-0.05, 0) is 25.3 Å². The third-order valence-corrected chi connectivity index (χ3v) is 6.46. The van der Waals surface area contributed by atoms with Gasteiger partial charge in [0.1, 0.15) is 30.8 Å². The lowest BCUT2D eigenvalue weighted by Crippen LogP contribution is -2.42. The summed E-state index contributed by atoms with van der Waals surface area (Å²) >= 11 is 0. The lowest BCUT2D eigenvalue weighted by Gasteiger charge is -2.25. The van der Waals surface area contributed by atoms with Crippen LogP contribution >= 0.6 is 8.53 Å². The molecule has 3 rings (SSSR count). The number of amides is 2. The molecule has 2 aromatic carbocycles. The van der Waals surface area contributed by atoms with Gasteiger partial charge in [-0.3, -0.25) is 14.5 Å². The number of rotatable bonds is 12. The number of nitrogens with zero attached hydrogens (tertiary/aromatic N) is 1. The second-order valence-corrected chi connectivity index (χ2v) is 9.84. The minimum atomic E-state index is -1.97. The topological polar surface area (TPSA) is 115 Å². The Morgan fingerprint density at radius 1 is 1.20 bits per heavy atom. The molecule has 1 heterocycles. The van der Waals surface area contributed by atoms with Crippen molar-refractivity contribution in [1.29, 1.82) is 0 Å². The fraction of sp³-hybridized carbons (Fsp3) is 0.423. The van der Waals surface area contributed by atoms with Gasteiger partial charge in [0.15, 0.2) is 12.1 Å². The van der Waals surface area contributed by atoms with Crippen molar-refractivity contribution in [3.05, 3.63) is 54.5 Å². The van der Waals surface area contributed by atoms with Crippen LogP contribution in [-0.4, -0.2) is 74.9 Å². The normalized spacial score (nSPS) is 19.2. The lowest BCUT2D eigenvalue weighted by molar-refractivity contribution is -0.145. The van der Waals surface area contributed by atoms with Gasteiger partial charge in [0, 0.05) is 18.9 Å². The van der Waals surface area contributed by atoms with Crippen molar-refractivity contribution in [3.8, 4) is 5.75 Å². The number of ether oxygens (including phenoxy) is 2. The molecule has 2 N–H and O–H groups in total. The average Bonchev–Trinajstić information content (AvgIpc) is 3.32. The molecule has 15 heteroatoms. The van der Waals surface area contributed by atoms with E-state index in [1.54, 1.807) is 26.0 Å². The van der Waals surface area contributed by atoms with E-state index >= 15 is 0 Å². The Hall–Kier alpha value is -3.32. The number of benzene rings is 2. The van der Waals surface area contributed by atoms with Crippen LogP contribution in [0.3, 0.4) is 0 Å². The Bertz CT molecular complexity index is 1170. The van der Waals surface area contributed by atoms with Crippen LogP contribution in [0, 0.1) is 0 Å². The molecule has 0 aliphatic carbocycles. The van der Waals surface area contributed by atoms with Gasteiger partial charge in [0.05, 0.1) is 18.9 Å². The molecule has 4 atom stereocenters. The number of hydrogen-bond acceptors (Lipinski definition) is 8. The smallest absolute Gasteiger partial charge is 0.323 e. The van der Waals surface area contributed by atoms with E-state index in [1.807, 2.05) is 30.3 Å². The van der Waals surface area contributed by atoms with Gasteiger partial charge < -0.3 is 23.8 Å². The van der Waals surface area contributed by atoms with Gasteiger partial charge in [-0.25, -0.2) is 27.4 Å². The summed E-state index contributed by atoms with van der Waals surface area (Å²) in [4.78, 5) is 35.7. The first-order valence-electron chi connectivity index (χ1n) is 12.4. The third kappa shape index (κ3) is 10.9. The van der Waals surface area contributed by atoms with Crippen LogP contribution in [-0.2, 0) is 23.6 Å². The van der Waals surface area contributed by atoms with E-state index in [2.05, 4.69) is 10.4 Å². The molecule has 1 aliphatic rings. The van der Waals surface area contributed by atoms with Crippen LogP contribution in [0.4, 0.5) is 22.4 Å². The number of carbonyl (C=O) groups excluding carboxylic acids is 3. The molecule has 2 aromatic rings. The first-order valence-corrected chi connectivity index (χ1v) is 13.6. The first-order chi connectivity index (χ1) is 19.6. The molecule has 2 amide bonds. The van der Waals surface area contributed by atoms with E-state index in [0.717, 1.165) is 15.7 Å². The molecular weight excluding hydrogens is 573 g/mol. The second kappa shape index (κ2) is 17.5. The monoisotopic (exact) mass is 605 g/mol. The van der Waals surface area contributed by atoms with Crippen molar-refractivity contribution < 1.29 is 50.5 Å². The molecule has 226 valence electrons. The summed E-state index contributed by atoms with van der Waals surface area (Å²) in [5.41, 5.74) is 0. The van der Waals surface area contributed by atoms with Crippen molar-refractivity contribution in [1.82, 2.24) is 15.3 Å². The van der Waals surface area contributed by atoms with Gasteiger partial charge >= 0.3 is 20.5 Å². The number of alkyl halides is 3. The van der Waals surface area contributed by atoms with Crippen LogP contribution in [0.5, 0.6) is 5.75 Å². The predicted octanol–water partition coefficient (Wildman–Crippen LogP) is 4.99. The van der Waals surface area contributed by atoms with Crippen molar-refractivity contribution >= 4 is 37.6 Å². The van der Waals surface area contributed by atoms with Crippen molar-refractivity contribution in [2.24, 2.45) is 0 Å². The van der Waals surface area contributed by atoms with Crippen LogP contribution < -0.4 is 14.9 Å². The lowest BCUT2D eigenvalue weighted by atomic mass is 10.1. The highest BCUT2D eigenvalue weighted by atomic mass is 31.2. The molecule has 0 radical (unpaired) electrons. The number of hydrogen-bond donors (Lipinski definition) is 2. The Kier molecular flexibility index (Phi) is 14.4.